The molecule has 0 aliphatic carbocycles. The molecule has 0 radical (unpaired) electrons. The minimum absolute atomic E-state index is 0.131. The Balaban J connectivity index is 1.88. The highest BCUT2D eigenvalue weighted by atomic mass is 32.2. The zero-order valence-corrected chi connectivity index (χ0v) is 20.5. The first-order chi connectivity index (χ1) is 17.1. The number of nitriles is 1. The van der Waals surface area contributed by atoms with Gasteiger partial charge in [0.15, 0.2) is 11.5 Å². The summed E-state index contributed by atoms with van der Waals surface area (Å²) in [6, 6.07) is 18.8. The van der Waals surface area contributed by atoms with Gasteiger partial charge in [0.2, 0.25) is 5.91 Å². The highest BCUT2D eigenvalue weighted by Gasteiger charge is 2.20. The number of hydrogen-bond donors (Lipinski definition) is 2. The molecular weight excluding hydrogens is 482 g/mol. The summed E-state index contributed by atoms with van der Waals surface area (Å²) in [5.74, 6) is -0.903. The van der Waals surface area contributed by atoms with Crippen LogP contribution in [0.15, 0.2) is 77.2 Å². The van der Waals surface area contributed by atoms with Gasteiger partial charge in [0.25, 0.3) is 5.91 Å². The van der Waals surface area contributed by atoms with Crippen LogP contribution in [0.5, 0.6) is 11.5 Å². The van der Waals surface area contributed by atoms with Crippen LogP contribution in [-0.2, 0) is 19.7 Å². The minimum atomic E-state index is -4.26. The predicted molar refractivity (Wildman–Crippen MR) is 135 cm³/mol. The summed E-state index contributed by atoms with van der Waals surface area (Å²) < 4.78 is 36.2. The van der Waals surface area contributed by atoms with E-state index in [0.29, 0.717) is 16.9 Å². The fraction of sp³-hybridized carbons (Fsp3) is 0.115. The van der Waals surface area contributed by atoms with Crippen molar-refractivity contribution in [1.82, 2.24) is 0 Å². The second kappa shape index (κ2) is 11.2. The van der Waals surface area contributed by atoms with Crippen LogP contribution in [0.25, 0.3) is 6.08 Å². The topological polar surface area (TPSA) is 135 Å². The second-order valence-electron chi connectivity index (χ2n) is 7.59. The first kappa shape index (κ1) is 26.0. The Morgan fingerprint density at radius 1 is 0.972 bits per heavy atom. The molecule has 3 rings (SSSR count). The van der Waals surface area contributed by atoms with Gasteiger partial charge >= 0.3 is 10.1 Å². The average Bonchev–Trinajstić information content (AvgIpc) is 2.83. The molecule has 184 valence electrons. The molecule has 10 heteroatoms. The predicted octanol–water partition coefficient (Wildman–Crippen LogP) is 4.28. The lowest BCUT2D eigenvalue weighted by Crippen LogP contribution is -2.14. The summed E-state index contributed by atoms with van der Waals surface area (Å²) in [4.78, 5) is 23.7. The maximum atomic E-state index is 12.8. The van der Waals surface area contributed by atoms with Crippen LogP contribution in [-0.4, -0.2) is 27.3 Å². The van der Waals surface area contributed by atoms with Crippen molar-refractivity contribution in [3.8, 4) is 17.6 Å². The van der Waals surface area contributed by atoms with Crippen LogP contribution >= 0.6 is 0 Å². The number of nitrogens with one attached hydrogen (secondary N) is 2. The van der Waals surface area contributed by atoms with E-state index in [1.165, 1.54) is 56.5 Å². The summed E-state index contributed by atoms with van der Waals surface area (Å²) >= 11 is 0. The molecular formula is C26H23N3O6S. The van der Waals surface area contributed by atoms with E-state index in [4.69, 9.17) is 8.92 Å². The standard InChI is InChI=1S/C26H23N3O6S/c1-17-6-4-5-7-23(17)29-26(31)20(16-27)14-19-8-13-24(34-3)25(15-19)35-36(32,33)22-11-9-21(10-12-22)28-18(2)30/h4-15H,1-3H3,(H,28,30)(H,29,31)/b20-14+. The third-order valence-electron chi connectivity index (χ3n) is 4.92. The molecule has 3 aromatic carbocycles. The molecule has 3 aromatic rings. The van der Waals surface area contributed by atoms with Gasteiger partial charge in [0.1, 0.15) is 16.5 Å². The summed E-state index contributed by atoms with van der Waals surface area (Å²) in [6.45, 7) is 3.16. The molecule has 0 fully saturated rings. The second-order valence-corrected chi connectivity index (χ2v) is 9.14. The molecule has 0 saturated heterocycles. The van der Waals surface area contributed by atoms with E-state index in [1.807, 2.05) is 25.1 Å². The van der Waals surface area contributed by atoms with E-state index >= 15 is 0 Å². The number of amides is 2. The minimum Gasteiger partial charge on any atom is -0.493 e. The Hall–Kier alpha value is -4.62. The van der Waals surface area contributed by atoms with E-state index in [-0.39, 0.29) is 27.9 Å². The zero-order chi connectivity index (χ0) is 26.3. The normalized spacial score (nSPS) is 11.2. The summed E-state index contributed by atoms with van der Waals surface area (Å²) in [5.41, 5.74) is 1.99. The molecule has 9 nitrogen and oxygen atoms in total. The third-order valence-corrected chi connectivity index (χ3v) is 6.17. The summed E-state index contributed by atoms with van der Waals surface area (Å²) in [7, 11) is -2.91. The van der Waals surface area contributed by atoms with Crippen LogP contribution in [0.2, 0.25) is 0 Å². The number of ether oxygens (including phenoxy) is 1. The number of para-hydroxylation sites is 1. The lowest BCUT2D eigenvalue weighted by atomic mass is 10.1. The molecule has 0 aliphatic heterocycles. The maximum absolute atomic E-state index is 12.8. The molecule has 0 atom stereocenters. The van der Waals surface area contributed by atoms with E-state index in [0.717, 1.165) is 5.56 Å². The largest absolute Gasteiger partial charge is 0.493 e. The highest BCUT2D eigenvalue weighted by Crippen LogP contribution is 2.32. The molecule has 2 N–H and O–H groups in total. The first-order valence-electron chi connectivity index (χ1n) is 10.6. The molecule has 0 spiro atoms. The van der Waals surface area contributed by atoms with E-state index in [1.54, 1.807) is 18.2 Å². The number of hydrogen-bond acceptors (Lipinski definition) is 7. The SMILES string of the molecule is COc1ccc(/C=C(\C#N)C(=O)Nc2ccccc2C)cc1OS(=O)(=O)c1ccc(NC(C)=O)cc1. The number of aryl methyl sites for hydroxylation is 1. The molecule has 0 heterocycles. The highest BCUT2D eigenvalue weighted by molar-refractivity contribution is 7.87. The molecule has 0 bridgehead atoms. The monoisotopic (exact) mass is 505 g/mol. The number of nitrogens with zero attached hydrogens (tertiary/aromatic N) is 1. The average molecular weight is 506 g/mol. The number of anilines is 2. The quantitative estimate of drug-likeness (QED) is 0.265. The first-order valence-corrected chi connectivity index (χ1v) is 12.0. The fourth-order valence-electron chi connectivity index (χ4n) is 3.14. The Morgan fingerprint density at radius 3 is 2.28 bits per heavy atom. The zero-order valence-electron chi connectivity index (χ0n) is 19.7. The van der Waals surface area contributed by atoms with Gasteiger partial charge in [-0.3, -0.25) is 9.59 Å². The van der Waals surface area contributed by atoms with Gasteiger partial charge < -0.3 is 19.6 Å². The van der Waals surface area contributed by atoms with Crippen molar-refractivity contribution in [2.45, 2.75) is 18.7 Å². The molecule has 0 unspecified atom stereocenters. The number of rotatable bonds is 8. The number of benzene rings is 3. The van der Waals surface area contributed by atoms with Gasteiger partial charge in [-0.05, 0) is 66.6 Å². The summed E-state index contributed by atoms with van der Waals surface area (Å²) in [5, 5.41) is 14.8. The Morgan fingerprint density at radius 2 is 1.67 bits per heavy atom. The van der Waals surface area contributed by atoms with Crippen LogP contribution in [0, 0.1) is 18.3 Å². The van der Waals surface area contributed by atoms with Crippen molar-refractivity contribution >= 4 is 39.4 Å². The Bertz CT molecular complexity index is 1470. The number of carbonyl (C=O) groups is 2. The Labute approximate surface area is 209 Å². The molecule has 0 saturated carbocycles. The molecule has 0 aliphatic rings. The third kappa shape index (κ3) is 6.49. The van der Waals surface area contributed by atoms with Crippen molar-refractivity contribution in [2.24, 2.45) is 0 Å². The van der Waals surface area contributed by atoms with E-state index in [2.05, 4.69) is 10.6 Å². The van der Waals surface area contributed by atoms with Crippen molar-refractivity contribution in [1.29, 1.82) is 5.26 Å². The molecule has 2 amide bonds. The fourth-order valence-corrected chi connectivity index (χ4v) is 4.07. The lowest BCUT2D eigenvalue weighted by Gasteiger charge is -2.12. The summed E-state index contributed by atoms with van der Waals surface area (Å²) in [6.07, 6.45) is 1.31. The van der Waals surface area contributed by atoms with E-state index in [9.17, 15) is 23.3 Å². The molecule has 0 aromatic heterocycles. The van der Waals surface area contributed by atoms with Gasteiger partial charge in [-0.1, -0.05) is 24.3 Å². The van der Waals surface area contributed by atoms with Crippen molar-refractivity contribution in [3.63, 3.8) is 0 Å². The molecule has 36 heavy (non-hydrogen) atoms. The lowest BCUT2D eigenvalue weighted by molar-refractivity contribution is -0.114. The van der Waals surface area contributed by atoms with Gasteiger partial charge in [0.05, 0.1) is 7.11 Å². The van der Waals surface area contributed by atoms with Crippen molar-refractivity contribution in [3.05, 3.63) is 83.4 Å². The number of methoxy groups -OCH3 is 1. The van der Waals surface area contributed by atoms with Gasteiger partial charge in [-0.25, -0.2) is 0 Å². The van der Waals surface area contributed by atoms with Crippen LogP contribution < -0.4 is 19.6 Å². The number of carbonyl (C=O) groups excluding carboxylic acids is 2. The van der Waals surface area contributed by atoms with Crippen LogP contribution in [0.1, 0.15) is 18.1 Å². The van der Waals surface area contributed by atoms with Crippen LogP contribution in [0.4, 0.5) is 11.4 Å². The smallest absolute Gasteiger partial charge is 0.339 e. The maximum Gasteiger partial charge on any atom is 0.339 e. The van der Waals surface area contributed by atoms with Gasteiger partial charge in [-0.15, -0.1) is 0 Å². The Kier molecular flexibility index (Phi) is 8.09. The van der Waals surface area contributed by atoms with Crippen molar-refractivity contribution < 1.29 is 26.9 Å². The van der Waals surface area contributed by atoms with Crippen LogP contribution in [0.3, 0.4) is 0 Å². The van der Waals surface area contributed by atoms with Gasteiger partial charge in [-0.2, -0.15) is 13.7 Å². The van der Waals surface area contributed by atoms with E-state index < -0.39 is 16.0 Å². The van der Waals surface area contributed by atoms with Gasteiger partial charge in [0, 0.05) is 18.3 Å². The van der Waals surface area contributed by atoms with Crippen molar-refractivity contribution in [2.75, 3.05) is 17.7 Å².